The van der Waals surface area contributed by atoms with Crippen LogP contribution in [-0.4, -0.2) is 12.4 Å². The van der Waals surface area contributed by atoms with Crippen molar-refractivity contribution in [2.75, 3.05) is 6.61 Å². The minimum Gasteiger partial charge on any atom is -0.498 e. The molecule has 0 aromatic rings. The molecule has 1 heterocycles. The summed E-state index contributed by atoms with van der Waals surface area (Å²) in [5.74, 6) is 1.45. The first-order chi connectivity index (χ1) is 5.38. The summed E-state index contributed by atoms with van der Waals surface area (Å²) in [7, 11) is 0. The normalized spacial score (nSPS) is 30.4. The van der Waals surface area contributed by atoms with Gasteiger partial charge in [0.25, 0.3) is 0 Å². The van der Waals surface area contributed by atoms with Crippen LogP contribution in [0.15, 0.2) is 11.8 Å². The van der Waals surface area contributed by atoms with Crippen LogP contribution >= 0.6 is 0 Å². The second-order valence-electron chi connectivity index (χ2n) is 3.15. The molecule has 2 aliphatic rings. The van der Waals surface area contributed by atoms with Crippen LogP contribution in [-0.2, 0) is 9.53 Å². The first kappa shape index (κ1) is 6.89. The van der Waals surface area contributed by atoms with Gasteiger partial charge in [0.2, 0.25) is 0 Å². The summed E-state index contributed by atoms with van der Waals surface area (Å²) in [4.78, 5) is 11.3. The molecule has 0 saturated carbocycles. The van der Waals surface area contributed by atoms with Gasteiger partial charge in [-0.2, -0.15) is 0 Å². The number of allylic oxidation sites excluding steroid dienone is 2. The van der Waals surface area contributed by atoms with Crippen molar-refractivity contribution >= 4 is 5.78 Å². The monoisotopic (exact) mass is 152 g/mol. The van der Waals surface area contributed by atoms with E-state index >= 15 is 0 Å². The van der Waals surface area contributed by atoms with Crippen molar-refractivity contribution in [3.8, 4) is 0 Å². The molecule has 0 radical (unpaired) electrons. The quantitative estimate of drug-likeness (QED) is 0.527. The van der Waals surface area contributed by atoms with E-state index in [2.05, 4.69) is 6.08 Å². The second kappa shape index (κ2) is 2.68. The highest BCUT2D eigenvalue weighted by Gasteiger charge is 2.29. The van der Waals surface area contributed by atoms with Crippen LogP contribution in [0.4, 0.5) is 0 Å². The van der Waals surface area contributed by atoms with Gasteiger partial charge in [-0.05, 0) is 25.3 Å². The third-order valence-electron chi connectivity index (χ3n) is 2.37. The fourth-order valence-electron chi connectivity index (χ4n) is 1.77. The van der Waals surface area contributed by atoms with Crippen molar-refractivity contribution in [3.63, 3.8) is 0 Å². The Bertz CT molecular complexity index is 206. The number of fused-ring (bicyclic) bond motifs is 1. The standard InChI is InChI=1S/C9H12O2/c10-8-4-1-5-9-7(8)3-2-6-11-9/h5,7H,1-4,6H2. The van der Waals surface area contributed by atoms with E-state index in [4.69, 9.17) is 4.74 Å². The van der Waals surface area contributed by atoms with Crippen molar-refractivity contribution in [2.45, 2.75) is 25.7 Å². The molecule has 1 unspecified atom stereocenters. The van der Waals surface area contributed by atoms with Gasteiger partial charge >= 0.3 is 0 Å². The molecule has 0 aromatic heterocycles. The average Bonchev–Trinajstić information content (AvgIpc) is 2.06. The number of carbonyl (C=O) groups is 1. The number of hydrogen-bond acceptors (Lipinski definition) is 2. The summed E-state index contributed by atoms with van der Waals surface area (Å²) in [5, 5.41) is 0. The molecule has 1 fully saturated rings. The topological polar surface area (TPSA) is 26.3 Å². The van der Waals surface area contributed by atoms with Crippen LogP contribution in [0.5, 0.6) is 0 Å². The number of ketones is 1. The molecule has 2 nitrogen and oxygen atoms in total. The third-order valence-corrected chi connectivity index (χ3v) is 2.37. The summed E-state index contributed by atoms with van der Waals surface area (Å²) >= 11 is 0. The maximum Gasteiger partial charge on any atom is 0.143 e. The van der Waals surface area contributed by atoms with Crippen molar-refractivity contribution < 1.29 is 9.53 Å². The van der Waals surface area contributed by atoms with Crippen molar-refractivity contribution in [1.82, 2.24) is 0 Å². The molecule has 0 aromatic carbocycles. The molecule has 0 bridgehead atoms. The Labute approximate surface area is 66.2 Å². The maximum atomic E-state index is 11.3. The van der Waals surface area contributed by atoms with Gasteiger partial charge in [0.1, 0.15) is 11.5 Å². The van der Waals surface area contributed by atoms with Crippen LogP contribution < -0.4 is 0 Å². The molecule has 2 heteroatoms. The van der Waals surface area contributed by atoms with Gasteiger partial charge in [0, 0.05) is 6.42 Å². The first-order valence-corrected chi connectivity index (χ1v) is 4.23. The Morgan fingerprint density at radius 2 is 2.45 bits per heavy atom. The van der Waals surface area contributed by atoms with Crippen LogP contribution in [0.25, 0.3) is 0 Å². The SMILES string of the molecule is O=C1CCC=C2OCCCC12. The van der Waals surface area contributed by atoms with Gasteiger partial charge in [-0.25, -0.2) is 0 Å². The Morgan fingerprint density at radius 3 is 3.27 bits per heavy atom. The molecular weight excluding hydrogens is 140 g/mol. The van der Waals surface area contributed by atoms with Crippen LogP contribution in [0, 0.1) is 5.92 Å². The summed E-state index contributed by atoms with van der Waals surface area (Å²) in [5.41, 5.74) is 0. The predicted octanol–water partition coefficient (Wildman–Crippen LogP) is 1.66. The van der Waals surface area contributed by atoms with E-state index < -0.39 is 0 Å². The number of carbonyl (C=O) groups excluding carboxylic acids is 1. The van der Waals surface area contributed by atoms with Crippen molar-refractivity contribution in [1.29, 1.82) is 0 Å². The summed E-state index contributed by atoms with van der Waals surface area (Å²) in [6.45, 7) is 0.801. The lowest BCUT2D eigenvalue weighted by Crippen LogP contribution is -2.25. The molecule has 11 heavy (non-hydrogen) atoms. The van der Waals surface area contributed by atoms with E-state index in [1.165, 1.54) is 0 Å². The van der Waals surface area contributed by atoms with Gasteiger partial charge in [0.05, 0.1) is 12.5 Å². The van der Waals surface area contributed by atoms with E-state index in [9.17, 15) is 4.79 Å². The van der Waals surface area contributed by atoms with Gasteiger partial charge < -0.3 is 4.74 Å². The summed E-state index contributed by atoms with van der Waals surface area (Å²) in [6.07, 6.45) is 5.71. The molecule has 1 aliphatic heterocycles. The second-order valence-corrected chi connectivity index (χ2v) is 3.15. The molecule has 1 aliphatic carbocycles. The Kier molecular flexibility index (Phi) is 1.68. The number of Topliss-reactive ketones (excluding diaryl/α,β-unsaturated/α-hetero) is 1. The van der Waals surface area contributed by atoms with Gasteiger partial charge in [-0.3, -0.25) is 4.79 Å². The smallest absolute Gasteiger partial charge is 0.143 e. The zero-order valence-electron chi connectivity index (χ0n) is 6.51. The fourth-order valence-corrected chi connectivity index (χ4v) is 1.77. The lowest BCUT2D eigenvalue weighted by Gasteiger charge is -2.27. The van der Waals surface area contributed by atoms with Crippen molar-refractivity contribution in [3.05, 3.63) is 11.8 Å². The molecule has 2 rings (SSSR count). The largest absolute Gasteiger partial charge is 0.498 e. The first-order valence-electron chi connectivity index (χ1n) is 4.23. The minimum atomic E-state index is 0.123. The van der Waals surface area contributed by atoms with E-state index in [1.54, 1.807) is 0 Å². The zero-order chi connectivity index (χ0) is 7.68. The van der Waals surface area contributed by atoms with E-state index in [1.807, 2.05) is 0 Å². The highest BCUT2D eigenvalue weighted by Crippen LogP contribution is 2.30. The van der Waals surface area contributed by atoms with Crippen molar-refractivity contribution in [2.24, 2.45) is 5.92 Å². The number of rotatable bonds is 0. The summed E-state index contributed by atoms with van der Waals surface area (Å²) in [6, 6.07) is 0. The molecule has 0 spiro atoms. The molecule has 1 saturated heterocycles. The van der Waals surface area contributed by atoms with Crippen LogP contribution in [0.3, 0.4) is 0 Å². The van der Waals surface area contributed by atoms with E-state index in [0.717, 1.165) is 38.0 Å². The average molecular weight is 152 g/mol. The fraction of sp³-hybridized carbons (Fsp3) is 0.667. The molecule has 0 N–H and O–H groups in total. The Morgan fingerprint density at radius 1 is 1.55 bits per heavy atom. The lowest BCUT2D eigenvalue weighted by atomic mass is 9.87. The van der Waals surface area contributed by atoms with Crippen LogP contribution in [0.1, 0.15) is 25.7 Å². The van der Waals surface area contributed by atoms with E-state index in [0.29, 0.717) is 5.78 Å². The summed E-state index contributed by atoms with van der Waals surface area (Å²) < 4.78 is 5.39. The van der Waals surface area contributed by atoms with E-state index in [-0.39, 0.29) is 5.92 Å². The van der Waals surface area contributed by atoms with Gasteiger partial charge in [-0.15, -0.1) is 0 Å². The molecule has 1 atom stereocenters. The molecule has 0 amide bonds. The third kappa shape index (κ3) is 1.17. The molecule has 60 valence electrons. The predicted molar refractivity (Wildman–Crippen MR) is 41.0 cm³/mol. The zero-order valence-corrected chi connectivity index (χ0v) is 6.51. The Balaban J connectivity index is 2.19. The van der Waals surface area contributed by atoms with Gasteiger partial charge in [-0.1, -0.05) is 0 Å². The number of ether oxygens (including phenoxy) is 1. The lowest BCUT2D eigenvalue weighted by molar-refractivity contribution is -0.124. The highest BCUT2D eigenvalue weighted by atomic mass is 16.5. The number of hydrogen-bond donors (Lipinski definition) is 0. The maximum absolute atomic E-state index is 11.3. The van der Waals surface area contributed by atoms with Gasteiger partial charge in [0.15, 0.2) is 0 Å². The molecular formula is C9H12O2. The van der Waals surface area contributed by atoms with Crippen LogP contribution in [0.2, 0.25) is 0 Å². The minimum absolute atomic E-state index is 0.123. The Hall–Kier alpha value is -0.790. The highest BCUT2D eigenvalue weighted by molar-refractivity contribution is 5.84.